The molecular weight excluding hydrogens is 252 g/mol. The molecule has 1 aromatic rings. The average Bonchev–Trinajstić information content (AvgIpc) is 2.98. The van der Waals surface area contributed by atoms with Crippen molar-refractivity contribution in [3.63, 3.8) is 0 Å². The number of likely N-dealkylation sites (tertiary alicyclic amines) is 1. The molecule has 1 saturated heterocycles. The first-order valence-corrected chi connectivity index (χ1v) is 8.44. The molecule has 0 radical (unpaired) electrons. The Morgan fingerprint density at radius 2 is 2.11 bits per heavy atom. The Bertz CT molecular complexity index is 407. The first-order chi connectivity index (χ1) is 9.03. The lowest BCUT2D eigenvalue weighted by atomic mass is 9.82. The van der Waals surface area contributed by atoms with Crippen LogP contribution in [0.15, 0.2) is 11.4 Å². The van der Waals surface area contributed by atoms with E-state index in [1.165, 1.54) is 42.8 Å². The number of nitrogens with zero attached hydrogens (tertiary/aromatic N) is 1. The SMILES string of the molecule is CCC1(CC)CCN(C(c2sccc2C)C(C)N)C1. The van der Waals surface area contributed by atoms with Crippen molar-refractivity contribution in [3.05, 3.63) is 21.9 Å². The molecule has 2 N–H and O–H groups in total. The first-order valence-electron chi connectivity index (χ1n) is 7.56. The monoisotopic (exact) mass is 280 g/mol. The van der Waals surface area contributed by atoms with E-state index < -0.39 is 0 Å². The molecule has 0 saturated carbocycles. The lowest BCUT2D eigenvalue weighted by Crippen LogP contribution is -2.39. The second-order valence-electron chi connectivity index (χ2n) is 6.20. The van der Waals surface area contributed by atoms with Crippen molar-refractivity contribution in [1.29, 1.82) is 0 Å². The van der Waals surface area contributed by atoms with E-state index in [2.05, 4.69) is 44.0 Å². The maximum absolute atomic E-state index is 6.31. The molecule has 0 spiro atoms. The summed E-state index contributed by atoms with van der Waals surface area (Å²) >= 11 is 1.87. The zero-order valence-electron chi connectivity index (χ0n) is 12.8. The van der Waals surface area contributed by atoms with Crippen LogP contribution in [0.3, 0.4) is 0 Å². The summed E-state index contributed by atoms with van der Waals surface area (Å²) in [4.78, 5) is 4.11. The van der Waals surface area contributed by atoms with Crippen molar-refractivity contribution in [2.75, 3.05) is 13.1 Å². The molecule has 3 heteroatoms. The van der Waals surface area contributed by atoms with Gasteiger partial charge in [-0.15, -0.1) is 11.3 Å². The second-order valence-corrected chi connectivity index (χ2v) is 7.15. The zero-order chi connectivity index (χ0) is 14.0. The number of aryl methyl sites for hydroxylation is 1. The zero-order valence-corrected chi connectivity index (χ0v) is 13.6. The Morgan fingerprint density at radius 3 is 2.53 bits per heavy atom. The van der Waals surface area contributed by atoms with E-state index in [1.54, 1.807) is 0 Å². The standard InChI is InChI=1S/C16H28N2S/c1-5-16(6-2)8-9-18(11-16)14(13(4)17)15-12(3)7-10-19-15/h7,10,13-14H,5-6,8-9,11,17H2,1-4H3. The maximum atomic E-state index is 6.31. The highest BCUT2D eigenvalue weighted by Crippen LogP contribution is 2.42. The normalized spacial score (nSPS) is 22.6. The summed E-state index contributed by atoms with van der Waals surface area (Å²) < 4.78 is 0. The molecule has 2 nitrogen and oxygen atoms in total. The third-order valence-electron chi connectivity index (χ3n) is 5.03. The molecule has 1 fully saturated rings. The molecule has 0 amide bonds. The molecule has 0 aliphatic carbocycles. The summed E-state index contributed by atoms with van der Waals surface area (Å²) in [5.41, 5.74) is 8.24. The smallest absolute Gasteiger partial charge is 0.0593 e. The van der Waals surface area contributed by atoms with Crippen LogP contribution in [0, 0.1) is 12.3 Å². The maximum Gasteiger partial charge on any atom is 0.0593 e. The molecule has 0 bridgehead atoms. The van der Waals surface area contributed by atoms with E-state index >= 15 is 0 Å². The van der Waals surface area contributed by atoms with Crippen molar-refractivity contribution in [1.82, 2.24) is 4.90 Å². The van der Waals surface area contributed by atoms with Crippen LogP contribution >= 0.6 is 11.3 Å². The Labute approximate surface area is 122 Å². The van der Waals surface area contributed by atoms with E-state index in [9.17, 15) is 0 Å². The third-order valence-corrected chi connectivity index (χ3v) is 6.12. The highest BCUT2D eigenvalue weighted by molar-refractivity contribution is 7.10. The van der Waals surface area contributed by atoms with Crippen LogP contribution in [0.4, 0.5) is 0 Å². The molecule has 1 aliphatic heterocycles. The topological polar surface area (TPSA) is 29.3 Å². The largest absolute Gasteiger partial charge is 0.326 e. The minimum atomic E-state index is 0.196. The van der Waals surface area contributed by atoms with Gasteiger partial charge in [0.2, 0.25) is 0 Å². The average molecular weight is 280 g/mol. The van der Waals surface area contributed by atoms with Gasteiger partial charge < -0.3 is 5.73 Å². The third kappa shape index (κ3) is 2.88. The van der Waals surface area contributed by atoms with Crippen LogP contribution in [-0.2, 0) is 0 Å². The number of hydrogen-bond donors (Lipinski definition) is 1. The summed E-state index contributed by atoms with van der Waals surface area (Å²) in [7, 11) is 0. The van der Waals surface area contributed by atoms with Crippen molar-refractivity contribution < 1.29 is 0 Å². The predicted octanol–water partition coefficient (Wildman–Crippen LogP) is 3.96. The quantitative estimate of drug-likeness (QED) is 0.884. The van der Waals surface area contributed by atoms with Gasteiger partial charge in [0.05, 0.1) is 6.04 Å². The molecule has 19 heavy (non-hydrogen) atoms. The Morgan fingerprint density at radius 1 is 1.42 bits per heavy atom. The highest BCUT2D eigenvalue weighted by atomic mass is 32.1. The van der Waals surface area contributed by atoms with Gasteiger partial charge in [-0.05, 0) is 62.1 Å². The van der Waals surface area contributed by atoms with E-state index in [0.717, 1.165) is 0 Å². The van der Waals surface area contributed by atoms with Crippen molar-refractivity contribution >= 4 is 11.3 Å². The molecule has 1 aliphatic rings. The van der Waals surface area contributed by atoms with Gasteiger partial charge in [0, 0.05) is 17.5 Å². The fourth-order valence-corrected chi connectivity index (χ4v) is 4.63. The van der Waals surface area contributed by atoms with Gasteiger partial charge in [0.15, 0.2) is 0 Å². The van der Waals surface area contributed by atoms with E-state index in [0.29, 0.717) is 11.5 Å². The van der Waals surface area contributed by atoms with Crippen molar-refractivity contribution in [2.24, 2.45) is 11.1 Å². The minimum absolute atomic E-state index is 0.196. The van der Waals surface area contributed by atoms with Crippen molar-refractivity contribution in [3.8, 4) is 0 Å². The number of rotatable bonds is 5. The Balaban J connectivity index is 2.21. The number of nitrogens with two attached hydrogens (primary N) is 1. The van der Waals surface area contributed by atoms with Gasteiger partial charge in [0.1, 0.15) is 0 Å². The predicted molar refractivity (Wildman–Crippen MR) is 84.7 cm³/mol. The first kappa shape index (κ1) is 15.0. The molecule has 2 atom stereocenters. The van der Waals surface area contributed by atoms with Crippen LogP contribution in [0.5, 0.6) is 0 Å². The van der Waals surface area contributed by atoms with Crippen LogP contribution in [-0.4, -0.2) is 24.0 Å². The van der Waals surface area contributed by atoms with Gasteiger partial charge in [-0.3, -0.25) is 4.90 Å². The summed E-state index contributed by atoms with van der Waals surface area (Å²) in [5.74, 6) is 0. The molecule has 1 aromatic heterocycles. The van der Waals surface area contributed by atoms with E-state index in [4.69, 9.17) is 5.73 Å². The van der Waals surface area contributed by atoms with Crippen molar-refractivity contribution in [2.45, 2.75) is 59.0 Å². The van der Waals surface area contributed by atoms with Gasteiger partial charge in [-0.1, -0.05) is 13.8 Å². The van der Waals surface area contributed by atoms with Gasteiger partial charge in [-0.2, -0.15) is 0 Å². The van der Waals surface area contributed by atoms with Crippen LogP contribution < -0.4 is 5.73 Å². The second kappa shape index (κ2) is 5.94. The van der Waals surface area contributed by atoms with E-state index in [-0.39, 0.29) is 6.04 Å². The molecule has 2 unspecified atom stereocenters. The molecule has 2 rings (SSSR count). The summed E-state index contributed by atoms with van der Waals surface area (Å²) in [5, 5.41) is 2.20. The number of thiophene rings is 1. The molecule has 108 valence electrons. The van der Waals surface area contributed by atoms with E-state index in [1.807, 2.05) is 11.3 Å². The van der Waals surface area contributed by atoms with Gasteiger partial charge in [0.25, 0.3) is 0 Å². The summed E-state index contributed by atoms with van der Waals surface area (Å²) in [6, 6.07) is 2.82. The summed E-state index contributed by atoms with van der Waals surface area (Å²) in [6.45, 7) is 11.5. The highest BCUT2D eigenvalue weighted by Gasteiger charge is 2.39. The molecular formula is C16H28N2S. The van der Waals surface area contributed by atoms with Gasteiger partial charge in [-0.25, -0.2) is 0 Å². The minimum Gasteiger partial charge on any atom is -0.326 e. The lowest BCUT2D eigenvalue weighted by Gasteiger charge is -2.33. The fraction of sp³-hybridized carbons (Fsp3) is 0.750. The van der Waals surface area contributed by atoms with Crippen LogP contribution in [0.1, 0.15) is 56.5 Å². The Hall–Kier alpha value is -0.380. The lowest BCUT2D eigenvalue weighted by molar-refractivity contribution is 0.180. The number of hydrogen-bond acceptors (Lipinski definition) is 3. The van der Waals surface area contributed by atoms with Crippen LogP contribution in [0.25, 0.3) is 0 Å². The summed E-state index contributed by atoms with van der Waals surface area (Å²) in [6.07, 6.45) is 3.90. The van der Waals surface area contributed by atoms with Crippen LogP contribution in [0.2, 0.25) is 0 Å². The van der Waals surface area contributed by atoms with Gasteiger partial charge >= 0.3 is 0 Å². The molecule has 2 heterocycles. The fourth-order valence-electron chi connectivity index (χ4n) is 3.46. The Kier molecular flexibility index (Phi) is 4.70. The molecule has 0 aromatic carbocycles.